The van der Waals surface area contributed by atoms with Crippen molar-refractivity contribution in [2.24, 2.45) is 0 Å². The van der Waals surface area contributed by atoms with E-state index in [1.165, 1.54) is 18.1 Å². The Morgan fingerprint density at radius 1 is 1.21 bits per heavy atom. The van der Waals surface area contributed by atoms with Gasteiger partial charge in [0.25, 0.3) is 5.82 Å². The summed E-state index contributed by atoms with van der Waals surface area (Å²) in [6, 6.07) is 7.49. The van der Waals surface area contributed by atoms with E-state index in [-0.39, 0.29) is 5.82 Å². The fraction of sp³-hybridized carbons (Fsp3) is 0.0833. The predicted octanol–water partition coefficient (Wildman–Crippen LogP) is 0.997. The van der Waals surface area contributed by atoms with E-state index in [9.17, 15) is 4.79 Å². The van der Waals surface area contributed by atoms with E-state index in [1.54, 1.807) is 6.20 Å². The normalized spacial score (nSPS) is 10.6. The van der Waals surface area contributed by atoms with Crippen molar-refractivity contribution in [1.82, 2.24) is 24.7 Å². The summed E-state index contributed by atoms with van der Waals surface area (Å²) in [5, 5.41) is 3.99. The molecule has 3 aromatic rings. The Hall–Kier alpha value is -2.83. The summed E-state index contributed by atoms with van der Waals surface area (Å²) in [7, 11) is 1.28. The van der Waals surface area contributed by atoms with Crippen LogP contribution in [0.25, 0.3) is 16.9 Å². The van der Waals surface area contributed by atoms with Gasteiger partial charge in [-0.05, 0) is 12.1 Å². The first-order valence-electron chi connectivity index (χ1n) is 5.50. The molecule has 0 aliphatic rings. The summed E-state index contributed by atoms with van der Waals surface area (Å²) in [5.74, 6) is -0.119. The molecule has 0 amide bonds. The van der Waals surface area contributed by atoms with Gasteiger partial charge in [-0.15, -0.1) is 5.10 Å². The van der Waals surface area contributed by atoms with Gasteiger partial charge in [0.2, 0.25) is 0 Å². The number of carbonyl (C=O) groups is 1. The van der Waals surface area contributed by atoms with Crippen LogP contribution in [0.3, 0.4) is 0 Å². The molecule has 2 heterocycles. The second kappa shape index (κ2) is 4.45. The van der Waals surface area contributed by atoms with E-state index in [1.807, 2.05) is 24.3 Å². The van der Waals surface area contributed by atoms with E-state index in [0.717, 1.165) is 11.0 Å². The molecule has 0 atom stereocenters. The number of hydrogen-bond donors (Lipinski definition) is 0. The zero-order chi connectivity index (χ0) is 13.2. The SMILES string of the molecule is COC(=O)c1ncn(-c2cnc3ccccc3n2)n1. The third-order valence-corrected chi connectivity index (χ3v) is 2.53. The molecule has 3 rings (SSSR count). The Balaban J connectivity index is 2.04. The smallest absolute Gasteiger partial charge is 0.377 e. The van der Waals surface area contributed by atoms with E-state index in [0.29, 0.717) is 5.82 Å². The molecule has 19 heavy (non-hydrogen) atoms. The third-order valence-electron chi connectivity index (χ3n) is 2.53. The Morgan fingerprint density at radius 2 is 2.00 bits per heavy atom. The Bertz CT molecular complexity index is 752. The van der Waals surface area contributed by atoms with Gasteiger partial charge >= 0.3 is 5.97 Å². The van der Waals surface area contributed by atoms with E-state index in [2.05, 4.69) is 24.8 Å². The average Bonchev–Trinajstić information content (AvgIpc) is 2.95. The van der Waals surface area contributed by atoms with Gasteiger partial charge in [-0.2, -0.15) is 0 Å². The Kier molecular flexibility index (Phi) is 2.64. The monoisotopic (exact) mass is 255 g/mol. The minimum absolute atomic E-state index is 0.0162. The first-order chi connectivity index (χ1) is 9.28. The van der Waals surface area contributed by atoms with Crippen molar-refractivity contribution in [3.63, 3.8) is 0 Å². The highest BCUT2D eigenvalue weighted by Gasteiger charge is 2.12. The number of rotatable bonds is 2. The van der Waals surface area contributed by atoms with Crippen molar-refractivity contribution in [3.8, 4) is 5.82 Å². The lowest BCUT2D eigenvalue weighted by atomic mass is 10.3. The highest BCUT2D eigenvalue weighted by atomic mass is 16.5. The summed E-state index contributed by atoms with van der Waals surface area (Å²) in [6.07, 6.45) is 2.96. The Labute approximate surface area is 107 Å². The van der Waals surface area contributed by atoms with Crippen molar-refractivity contribution >= 4 is 17.0 Å². The molecular formula is C12H9N5O2. The summed E-state index contributed by atoms with van der Waals surface area (Å²) >= 11 is 0. The maximum atomic E-state index is 11.3. The number of esters is 1. The molecule has 0 unspecified atom stereocenters. The van der Waals surface area contributed by atoms with Gasteiger partial charge in [0.05, 0.1) is 24.3 Å². The molecule has 7 heteroatoms. The van der Waals surface area contributed by atoms with Gasteiger partial charge in [-0.1, -0.05) is 12.1 Å². The van der Waals surface area contributed by atoms with Crippen LogP contribution in [0.5, 0.6) is 0 Å². The van der Waals surface area contributed by atoms with Crippen LogP contribution < -0.4 is 0 Å². The molecule has 0 radical (unpaired) electrons. The molecule has 0 aliphatic carbocycles. The summed E-state index contributed by atoms with van der Waals surface area (Å²) < 4.78 is 5.92. The fourth-order valence-corrected chi connectivity index (χ4v) is 1.62. The lowest BCUT2D eigenvalue weighted by Gasteiger charge is -2.00. The molecule has 0 aliphatic heterocycles. The zero-order valence-electron chi connectivity index (χ0n) is 10.0. The maximum absolute atomic E-state index is 11.3. The largest absolute Gasteiger partial charge is 0.463 e. The van der Waals surface area contributed by atoms with Crippen molar-refractivity contribution in [1.29, 1.82) is 0 Å². The molecule has 0 fully saturated rings. The zero-order valence-corrected chi connectivity index (χ0v) is 10.0. The summed E-state index contributed by atoms with van der Waals surface area (Å²) in [6.45, 7) is 0. The van der Waals surface area contributed by atoms with Crippen LogP contribution in [-0.2, 0) is 4.74 Å². The van der Waals surface area contributed by atoms with Crippen LogP contribution in [0.4, 0.5) is 0 Å². The lowest BCUT2D eigenvalue weighted by Crippen LogP contribution is -2.06. The quantitative estimate of drug-likeness (QED) is 0.635. The first-order valence-corrected chi connectivity index (χ1v) is 5.50. The number of hydrogen-bond acceptors (Lipinski definition) is 6. The van der Waals surface area contributed by atoms with Crippen molar-refractivity contribution in [3.05, 3.63) is 42.6 Å². The number of aromatic nitrogens is 5. The third kappa shape index (κ3) is 2.01. The number of fused-ring (bicyclic) bond motifs is 1. The van der Waals surface area contributed by atoms with Gasteiger partial charge in [0.1, 0.15) is 6.33 Å². The van der Waals surface area contributed by atoms with E-state index < -0.39 is 5.97 Å². The summed E-state index contributed by atoms with van der Waals surface area (Å²) in [5.41, 5.74) is 1.54. The highest BCUT2D eigenvalue weighted by molar-refractivity contribution is 5.84. The Morgan fingerprint density at radius 3 is 2.79 bits per heavy atom. The minimum Gasteiger partial charge on any atom is -0.463 e. The molecule has 0 N–H and O–H groups in total. The average molecular weight is 255 g/mol. The first kappa shape index (κ1) is 11.3. The van der Waals surface area contributed by atoms with Gasteiger partial charge in [0, 0.05) is 0 Å². The molecule has 0 saturated heterocycles. The molecule has 2 aromatic heterocycles. The molecule has 0 spiro atoms. The number of nitrogens with zero attached hydrogens (tertiary/aromatic N) is 5. The number of benzene rings is 1. The standard InChI is InChI=1S/C12H9N5O2/c1-19-12(18)11-14-7-17(16-11)10-6-13-8-4-2-3-5-9(8)15-10/h2-7H,1H3. The van der Waals surface area contributed by atoms with E-state index in [4.69, 9.17) is 0 Å². The van der Waals surface area contributed by atoms with Crippen LogP contribution >= 0.6 is 0 Å². The highest BCUT2D eigenvalue weighted by Crippen LogP contribution is 2.10. The number of ether oxygens (including phenoxy) is 1. The van der Waals surface area contributed by atoms with Gasteiger partial charge < -0.3 is 4.74 Å². The predicted molar refractivity (Wildman–Crippen MR) is 65.8 cm³/mol. The van der Waals surface area contributed by atoms with Crippen molar-refractivity contribution < 1.29 is 9.53 Å². The van der Waals surface area contributed by atoms with E-state index >= 15 is 0 Å². The van der Waals surface area contributed by atoms with Crippen LogP contribution in [0.1, 0.15) is 10.6 Å². The van der Waals surface area contributed by atoms with Gasteiger partial charge in [-0.25, -0.2) is 19.4 Å². The second-order valence-corrected chi connectivity index (χ2v) is 3.72. The molecule has 1 aromatic carbocycles. The van der Waals surface area contributed by atoms with Gasteiger partial charge in [-0.3, -0.25) is 4.98 Å². The molecule has 0 bridgehead atoms. The number of para-hydroxylation sites is 2. The topological polar surface area (TPSA) is 82.8 Å². The lowest BCUT2D eigenvalue weighted by molar-refractivity contribution is 0.0587. The van der Waals surface area contributed by atoms with Crippen molar-refractivity contribution in [2.45, 2.75) is 0 Å². The fourth-order valence-electron chi connectivity index (χ4n) is 1.62. The number of carbonyl (C=O) groups excluding carboxylic acids is 1. The van der Waals surface area contributed by atoms with Crippen LogP contribution in [-0.4, -0.2) is 37.8 Å². The second-order valence-electron chi connectivity index (χ2n) is 3.72. The summed E-state index contributed by atoms with van der Waals surface area (Å²) in [4.78, 5) is 23.8. The van der Waals surface area contributed by atoms with Gasteiger partial charge in [0.15, 0.2) is 5.82 Å². The number of methoxy groups -OCH3 is 1. The minimum atomic E-state index is -0.590. The molecule has 94 valence electrons. The molecule has 0 saturated carbocycles. The molecular weight excluding hydrogens is 246 g/mol. The van der Waals surface area contributed by atoms with Crippen molar-refractivity contribution in [2.75, 3.05) is 7.11 Å². The molecule has 7 nitrogen and oxygen atoms in total. The van der Waals surface area contributed by atoms with Crippen LogP contribution in [0, 0.1) is 0 Å². The van der Waals surface area contributed by atoms with Crippen LogP contribution in [0.2, 0.25) is 0 Å². The maximum Gasteiger partial charge on any atom is 0.377 e. The van der Waals surface area contributed by atoms with Crippen LogP contribution in [0.15, 0.2) is 36.8 Å².